The van der Waals surface area contributed by atoms with Crippen molar-refractivity contribution in [1.82, 2.24) is 5.32 Å². The van der Waals surface area contributed by atoms with Crippen molar-refractivity contribution in [2.24, 2.45) is 0 Å². The number of aryl methyl sites for hydroxylation is 1. The molecule has 1 aromatic carbocycles. The smallest absolute Gasteiger partial charge is 0.305 e. The van der Waals surface area contributed by atoms with Crippen LogP contribution in [0.3, 0.4) is 0 Å². The van der Waals surface area contributed by atoms with E-state index in [0.717, 1.165) is 6.42 Å². The second kappa shape index (κ2) is 10.2. The highest BCUT2D eigenvalue weighted by molar-refractivity contribution is 5.69. The van der Waals surface area contributed by atoms with Gasteiger partial charge >= 0.3 is 5.97 Å². The molecule has 1 N–H and O–H groups in total. The maximum Gasteiger partial charge on any atom is 0.305 e. The molecule has 0 amide bonds. The van der Waals surface area contributed by atoms with Crippen LogP contribution in [0.5, 0.6) is 0 Å². The van der Waals surface area contributed by atoms with E-state index in [1.54, 1.807) is 0 Å². The molecule has 0 aromatic heterocycles. The molecule has 4 heteroatoms. The van der Waals surface area contributed by atoms with Gasteiger partial charge in [-0.15, -0.1) is 0 Å². The van der Waals surface area contributed by atoms with Crippen LogP contribution in [-0.2, 0) is 20.7 Å². The number of benzene rings is 1. The highest BCUT2D eigenvalue weighted by Gasteiger charge is 2.36. The minimum Gasteiger partial charge on any atom is -0.469 e. The molecule has 1 atom stereocenters. The first-order chi connectivity index (χ1) is 11.8. The van der Waals surface area contributed by atoms with Gasteiger partial charge in [0.15, 0.2) is 0 Å². The molecule has 0 aliphatic rings. The normalized spacial score (nSPS) is 14.2. The fourth-order valence-corrected chi connectivity index (χ4v) is 3.16. The van der Waals surface area contributed by atoms with Gasteiger partial charge in [-0.2, -0.15) is 0 Å². The van der Waals surface area contributed by atoms with Gasteiger partial charge in [-0.25, -0.2) is 0 Å². The zero-order valence-corrected chi connectivity index (χ0v) is 17.9. The summed E-state index contributed by atoms with van der Waals surface area (Å²) in [5.41, 5.74) is 1.76. The van der Waals surface area contributed by atoms with E-state index in [-0.39, 0.29) is 30.1 Å². The van der Waals surface area contributed by atoms with E-state index in [0.29, 0.717) is 19.4 Å². The summed E-state index contributed by atoms with van der Waals surface area (Å²) in [6, 6.07) is 8.52. The molecule has 0 bridgehead atoms. The zero-order chi connectivity index (χ0) is 20.0. The van der Waals surface area contributed by atoms with E-state index in [4.69, 9.17) is 9.47 Å². The highest BCUT2D eigenvalue weighted by Crippen LogP contribution is 2.26. The topological polar surface area (TPSA) is 47.6 Å². The number of esters is 1. The number of rotatable bonds is 8. The molecule has 0 saturated heterocycles. The predicted molar refractivity (Wildman–Crippen MR) is 114 cm³/mol. The fourth-order valence-electron chi connectivity index (χ4n) is 3.16. The number of methoxy groups -OCH3 is 1. The third-order valence-electron chi connectivity index (χ3n) is 4.08. The molecule has 1 rings (SSSR count). The third kappa shape index (κ3) is 10.5. The molecule has 156 valence electrons. The molecule has 0 radical (unpaired) electrons. The molecule has 0 heterocycles. The maximum atomic E-state index is 11.8. The second-order valence-corrected chi connectivity index (χ2v) is 9.30. The van der Waals surface area contributed by atoms with Crippen molar-refractivity contribution in [1.29, 1.82) is 0 Å². The Morgan fingerprint density at radius 2 is 1.74 bits per heavy atom. The van der Waals surface area contributed by atoms with Crippen molar-refractivity contribution < 1.29 is 14.3 Å². The third-order valence-corrected chi connectivity index (χ3v) is 4.08. The lowest BCUT2D eigenvalue weighted by Gasteiger charge is -2.42. The average molecular weight is 380 g/mol. The Bertz CT molecular complexity index is 584. The van der Waals surface area contributed by atoms with Crippen molar-refractivity contribution in [3.63, 3.8) is 0 Å². The Hall–Kier alpha value is -1.39. The minimum atomic E-state index is -0.354. The summed E-state index contributed by atoms with van der Waals surface area (Å²) in [6.07, 6.45) is 1.80. The van der Waals surface area contributed by atoms with Crippen LogP contribution in [0.25, 0.3) is 0 Å². The zero-order valence-electron chi connectivity index (χ0n) is 17.9. The molecule has 27 heavy (non-hydrogen) atoms. The first-order valence-electron chi connectivity index (χ1n) is 9.40. The van der Waals surface area contributed by atoms with E-state index in [1.165, 1.54) is 18.2 Å². The summed E-state index contributed by atoms with van der Waals surface area (Å²) in [4.78, 5) is 11.8. The molecule has 0 saturated carbocycles. The molecule has 0 aliphatic heterocycles. The number of ether oxygens (including phenoxy) is 2. The molecule has 0 spiro atoms. The van der Waals surface area contributed by atoms with Crippen LogP contribution in [-0.4, -0.2) is 36.4 Å². The molecule has 1 aromatic rings. The molecule has 4 nitrogen and oxygen atoms in total. The summed E-state index contributed by atoms with van der Waals surface area (Å²) in [6.45, 7) is 15.2. The molecule has 0 aliphatic carbocycles. The number of carbonyl (C=O) groups is 1. The Morgan fingerprint density at radius 3 is 2.22 bits per heavy atom. The quantitative estimate of drug-likeness (QED) is 0.641. The Morgan fingerprint density at radius 1 is 1.11 bits per heavy atom. The van der Waals surface area contributed by atoms with Gasteiger partial charge in [0.2, 0.25) is 0 Å². The number of hydrogen-bond donors (Lipinski definition) is 1. The van der Waals surface area contributed by atoms with Gasteiger partial charge in [0.05, 0.1) is 19.3 Å². The molecule has 0 fully saturated rings. The van der Waals surface area contributed by atoms with Crippen LogP contribution < -0.4 is 5.32 Å². The van der Waals surface area contributed by atoms with Crippen LogP contribution in [0, 0.1) is 6.92 Å². The average Bonchev–Trinajstić information content (AvgIpc) is 2.48. The van der Waals surface area contributed by atoms with Crippen molar-refractivity contribution in [2.45, 2.75) is 91.8 Å². The Kier molecular flexibility index (Phi) is 9.71. The van der Waals surface area contributed by atoms with Gasteiger partial charge in [0, 0.05) is 17.5 Å². The molecular weight excluding hydrogens is 338 g/mol. The van der Waals surface area contributed by atoms with E-state index >= 15 is 0 Å². The van der Waals surface area contributed by atoms with Crippen molar-refractivity contribution in [3.8, 4) is 0 Å². The maximum absolute atomic E-state index is 11.8. The largest absolute Gasteiger partial charge is 0.469 e. The SMILES string of the molecule is C.COC(=O)CC[C@](COC(C)(C)C)(Cc1cccc(C)c1)NC(C)(C)C. The Balaban J connectivity index is 0.00000676. The number of nitrogens with one attached hydrogen (secondary N) is 1. The van der Waals surface area contributed by atoms with Crippen molar-refractivity contribution in [3.05, 3.63) is 35.4 Å². The number of hydrogen-bond acceptors (Lipinski definition) is 4. The van der Waals surface area contributed by atoms with Gasteiger partial charge in [0.1, 0.15) is 0 Å². The lowest BCUT2D eigenvalue weighted by atomic mass is 9.84. The fraction of sp³-hybridized carbons (Fsp3) is 0.696. The van der Waals surface area contributed by atoms with Crippen LogP contribution in [0.4, 0.5) is 0 Å². The summed E-state index contributed by atoms with van der Waals surface area (Å²) < 4.78 is 11.1. The second-order valence-electron chi connectivity index (χ2n) is 9.30. The van der Waals surface area contributed by atoms with E-state index in [9.17, 15) is 4.79 Å². The van der Waals surface area contributed by atoms with Crippen LogP contribution >= 0.6 is 0 Å². The van der Waals surface area contributed by atoms with Crippen LogP contribution in [0.2, 0.25) is 0 Å². The first-order valence-corrected chi connectivity index (χ1v) is 9.40. The monoisotopic (exact) mass is 379 g/mol. The lowest BCUT2D eigenvalue weighted by Crippen LogP contribution is -2.59. The summed E-state index contributed by atoms with van der Waals surface area (Å²) in [5, 5.41) is 3.76. The lowest BCUT2D eigenvalue weighted by molar-refractivity contribution is -0.141. The first kappa shape index (κ1) is 25.6. The van der Waals surface area contributed by atoms with Gasteiger partial charge in [-0.3, -0.25) is 4.79 Å². The van der Waals surface area contributed by atoms with Gasteiger partial charge in [-0.05, 0) is 66.9 Å². The van der Waals surface area contributed by atoms with Crippen LogP contribution in [0.15, 0.2) is 24.3 Å². The highest BCUT2D eigenvalue weighted by atomic mass is 16.5. The summed E-state index contributed by atoms with van der Waals surface area (Å²) in [7, 11) is 1.44. The minimum absolute atomic E-state index is 0. The van der Waals surface area contributed by atoms with Crippen LogP contribution in [0.1, 0.15) is 72.9 Å². The molecular formula is C23H41NO3. The number of carbonyl (C=O) groups excluding carboxylic acids is 1. The van der Waals surface area contributed by atoms with Gasteiger partial charge < -0.3 is 14.8 Å². The van der Waals surface area contributed by atoms with E-state index < -0.39 is 0 Å². The summed E-state index contributed by atoms with van der Waals surface area (Å²) >= 11 is 0. The summed E-state index contributed by atoms with van der Waals surface area (Å²) in [5.74, 6) is -0.190. The van der Waals surface area contributed by atoms with Crippen molar-refractivity contribution in [2.75, 3.05) is 13.7 Å². The van der Waals surface area contributed by atoms with Crippen molar-refractivity contribution >= 4 is 5.97 Å². The van der Waals surface area contributed by atoms with E-state index in [1.807, 2.05) is 0 Å². The Labute approximate surface area is 167 Å². The van der Waals surface area contributed by atoms with Gasteiger partial charge in [-0.1, -0.05) is 37.3 Å². The van der Waals surface area contributed by atoms with E-state index in [2.05, 4.69) is 78.0 Å². The molecule has 0 unspecified atom stereocenters. The predicted octanol–water partition coefficient (Wildman–Crippen LogP) is 5.07. The van der Waals surface area contributed by atoms with Gasteiger partial charge in [0.25, 0.3) is 0 Å². The standard InChI is InChI=1S/C22H37NO3.CH4/c1-17-10-9-11-18(14-17)15-22(23-20(2,3)4,13-12-19(24)25-8)16-26-21(5,6)7;/h9-11,14,23H,12-13,15-16H2,1-8H3;1H4/t22-;/m1./s1.